The van der Waals surface area contributed by atoms with Crippen molar-refractivity contribution < 1.29 is 9.53 Å². The number of pyridine rings is 1. The first-order valence-corrected chi connectivity index (χ1v) is 11.3. The number of benzene rings is 1. The fourth-order valence-electron chi connectivity index (χ4n) is 4.32. The number of aromatic nitrogens is 3. The second-order valence-electron chi connectivity index (χ2n) is 8.35. The molecule has 1 saturated heterocycles. The molecule has 33 heavy (non-hydrogen) atoms. The number of nitrogens with zero attached hydrogens (tertiary/aromatic N) is 4. The Kier molecular flexibility index (Phi) is 5.93. The van der Waals surface area contributed by atoms with Gasteiger partial charge in [0.05, 0.1) is 18.6 Å². The maximum absolute atomic E-state index is 13.3. The minimum Gasteiger partial charge on any atom is -0.379 e. The van der Waals surface area contributed by atoms with Gasteiger partial charge in [-0.25, -0.2) is 4.98 Å². The van der Waals surface area contributed by atoms with Crippen LogP contribution in [0, 0.1) is 6.92 Å². The van der Waals surface area contributed by atoms with E-state index in [-0.39, 0.29) is 11.5 Å². The maximum Gasteiger partial charge on any atom is 0.268 e. The minimum atomic E-state index is -0.206. The quantitative estimate of drug-likeness (QED) is 0.492. The zero-order valence-electron chi connectivity index (χ0n) is 18.7. The fourth-order valence-corrected chi connectivity index (χ4v) is 4.32. The molecular formula is C25H27N5O3. The molecule has 0 aliphatic carbocycles. The van der Waals surface area contributed by atoms with E-state index < -0.39 is 0 Å². The van der Waals surface area contributed by atoms with Crippen LogP contribution in [0.2, 0.25) is 0 Å². The zero-order valence-corrected chi connectivity index (χ0v) is 18.7. The normalized spacial score (nSPS) is 14.7. The number of fused-ring (bicyclic) bond motifs is 2. The minimum absolute atomic E-state index is 0.173. The molecule has 0 saturated carbocycles. The summed E-state index contributed by atoms with van der Waals surface area (Å²) in [4.78, 5) is 33.6. The van der Waals surface area contributed by atoms with Gasteiger partial charge in [0, 0.05) is 38.9 Å². The van der Waals surface area contributed by atoms with Crippen LogP contribution in [-0.4, -0.2) is 64.2 Å². The summed E-state index contributed by atoms with van der Waals surface area (Å²) < 4.78 is 8.78. The lowest BCUT2D eigenvalue weighted by Gasteiger charge is -2.26. The van der Waals surface area contributed by atoms with Gasteiger partial charge in [0.2, 0.25) is 0 Å². The van der Waals surface area contributed by atoms with Crippen molar-refractivity contribution in [2.45, 2.75) is 13.5 Å². The van der Waals surface area contributed by atoms with E-state index in [0.717, 1.165) is 44.0 Å². The standard InChI is InChI=1S/C25H27N5O3/c1-18-6-5-10-29-22(18)27-23-20(25(29)32)16-21(30(23)17-19-7-3-2-4-8-19)24(31)26-9-11-28-12-14-33-15-13-28/h2-8,10,16H,9,11-15,17H2,1H3,(H,26,31). The van der Waals surface area contributed by atoms with Gasteiger partial charge in [0.15, 0.2) is 0 Å². The number of morpholine rings is 1. The van der Waals surface area contributed by atoms with Crippen molar-refractivity contribution in [1.29, 1.82) is 0 Å². The first-order valence-electron chi connectivity index (χ1n) is 11.3. The van der Waals surface area contributed by atoms with Crippen molar-refractivity contribution in [3.05, 3.63) is 81.9 Å². The molecule has 1 aliphatic heterocycles. The Balaban J connectivity index is 1.53. The molecule has 0 radical (unpaired) electrons. The van der Waals surface area contributed by atoms with Crippen molar-refractivity contribution in [2.75, 3.05) is 39.4 Å². The van der Waals surface area contributed by atoms with Gasteiger partial charge < -0.3 is 14.6 Å². The second-order valence-corrected chi connectivity index (χ2v) is 8.35. The van der Waals surface area contributed by atoms with E-state index in [4.69, 9.17) is 9.72 Å². The molecule has 4 heterocycles. The van der Waals surface area contributed by atoms with E-state index in [2.05, 4.69) is 10.2 Å². The molecule has 0 spiro atoms. The van der Waals surface area contributed by atoms with Gasteiger partial charge in [0.1, 0.15) is 17.0 Å². The molecule has 0 atom stereocenters. The van der Waals surface area contributed by atoms with E-state index in [1.807, 2.05) is 54.0 Å². The number of carbonyl (C=O) groups excluding carboxylic acids is 1. The van der Waals surface area contributed by atoms with Crippen LogP contribution in [0.4, 0.5) is 0 Å². The Morgan fingerprint density at radius 1 is 1.09 bits per heavy atom. The number of rotatable bonds is 6. The van der Waals surface area contributed by atoms with Crippen molar-refractivity contribution in [3.8, 4) is 0 Å². The predicted molar refractivity (Wildman–Crippen MR) is 127 cm³/mol. The summed E-state index contributed by atoms with van der Waals surface area (Å²) in [7, 11) is 0. The molecule has 1 N–H and O–H groups in total. The van der Waals surface area contributed by atoms with E-state index in [0.29, 0.717) is 35.5 Å². The molecule has 0 unspecified atom stereocenters. The number of hydrogen-bond donors (Lipinski definition) is 1. The van der Waals surface area contributed by atoms with Gasteiger partial charge >= 0.3 is 0 Å². The molecule has 8 nitrogen and oxygen atoms in total. The van der Waals surface area contributed by atoms with Crippen LogP contribution in [0.15, 0.2) is 59.5 Å². The van der Waals surface area contributed by atoms with Crippen LogP contribution in [-0.2, 0) is 11.3 Å². The third kappa shape index (κ3) is 4.27. The number of carbonyl (C=O) groups is 1. The summed E-state index contributed by atoms with van der Waals surface area (Å²) in [5, 5.41) is 3.46. The first kappa shape index (κ1) is 21.4. The van der Waals surface area contributed by atoms with Gasteiger partial charge in [-0.15, -0.1) is 0 Å². The number of ether oxygens (including phenoxy) is 1. The van der Waals surface area contributed by atoms with E-state index >= 15 is 0 Å². The first-order chi connectivity index (χ1) is 16.1. The summed E-state index contributed by atoms with van der Waals surface area (Å²) in [6, 6.07) is 15.3. The number of hydrogen-bond acceptors (Lipinski definition) is 5. The highest BCUT2D eigenvalue weighted by Crippen LogP contribution is 2.19. The molecule has 3 aromatic heterocycles. The van der Waals surface area contributed by atoms with Crippen molar-refractivity contribution in [1.82, 2.24) is 24.2 Å². The molecule has 170 valence electrons. The molecule has 0 bridgehead atoms. The van der Waals surface area contributed by atoms with Gasteiger partial charge in [-0.1, -0.05) is 36.4 Å². The Morgan fingerprint density at radius 2 is 1.88 bits per heavy atom. The van der Waals surface area contributed by atoms with Crippen molar-refractivity contribution in [2.24, 2.45) is 0 Å². The predicted octanol–water partition coefficient (Wildman–Crippen LogP) is 2.07. The summed E-state index contributed by atoms with van der Waals surface area (Å²) in [5.41, 5.74) is 3.32. The van der Waals surface area contributed by atoms with Gasteiger partial charge in [-0.3, -0.25) is 18.9 Å². The molecule has 1 amide bonds. The smallest absolute Gasteiger partial charge is 0.268 e. The van der Waals surface area contributed by atoms with Crippen LogP contribution in [0.3, 0.4) is 0 Å². The second kappa shape index (κ2) is 9.17. The van der Waals surface area contributed by atoms with E-state index in [1.165, 1.54) is 0 Å². The average Bonchev–Trinajstić information content (AvgIpc) is 3.20. The lowest BCUT2D eigenvalue weighted by Crippen LogP contribution is -2.41. The van der Waals surface area contributed by atoms with Gasteiger partial charge in [0.25, 0.3) is 11.5 Å². The fraction of sp³-hybridized carbons (Fsp3) is 0.320. The highest BCUT2D eigenvalue weighted by atomic mass is 16.5. The van der Waals surface area contributed by atoms with Crippen molar-refractivity contribution in [3.63, 3.8) is 0 Å². The molecule has 1 aliphatic rings. The van der Waals surface area contributed by atoms with E-state index in [9.17, 15) is 9.59 Å². The number of aryl methyl sites for hydroxylation is 1. The van der Waals surface area contributed by atoms with E-state index in [1.54, 1.807) is 16.7 Å². The Bertz CT molecular complexity index is 1350. The SMILES string of the molecule is Cc1cccn2c(=O)c3cc(C(=O)NCCN4CCOCC4)n(Cc4ccccc4)c3nc12. The molecule has 8 heteroatoms. The zero-order chi connectivity index (χ0) is 22.8. The third-order valence-corrected chi connectivity index (χ3v) is 6.13. The highest BCUT2D eigenvalue weighted by molar-refractivity contribution is 5.98. The van der Waals surface area contributed by atoms with Crippen LogP contribution in [0.1, 0.15) is 21.6 Å². The van der Waals surface area contributed by atoms with Crippen LogP contribution >= 0.6 is 0 Å². The molecule has 5 rings (SSSR count). The van der Waals surface area contributed by atoms with Gasteiger partial charge in [-0.2, -0.15) is 0 Å². The molecule has 1 fully saturated rings. The van der Waals surface area contributed by atoms with Crippen LogP contribution in [0.25, 0.3) is 16.7 Å². The lowest BCUT2D eigenvalue weighted by molar-refractivity contribution is 0.0383. The summed E-state index contributed by atoms with van der Waals surface area (Å²) in [6.45, 7) is 6.86. The summed E-state index contributed by atoms with van der Waals surface area (Å²) in [6.07, 6.45) is 1.72. The highest BCUT2D eigenvalue weighted by Gasteiger charge is 2.21. The van der Waals surface area contributed by atoms with Crippen LogP contribution in [0.5, 0.6) is 0 Å². The molecular weight excluding hydrogens is 418 g/mol. The summed E-state index contributed by atoms with van der Waals surface area (Å²) in [5.74, 6) is -0.206. The topological polar surface area (TPSA) is 80.9 Å². The lowest BCUT2D eigenvalue weighted by atomic mass is 10.2. The third-order valence-electron chi connectivity index (χ3n) is 6.13. The average molecular weight is 446 g/mol. The monoisotopic (exact) mass is 445 g/mol. The Hall–Kier alpha value is -3.49. The van der Waals surface area contributed by atoms with Gasteiger partial charge in [-0.05, 0) is 30.2 Å². The Morgan fingerprint density at radius 3 is 2.67 bits per heavy atom. The largest absolute Gasteiger partial charge is 0.379 e. The molecule has 4 aromatic rings. The number of nitrogens with one attached hydrogen (secondary N) is 1. The Labute approximate surface area is 191 Å². The van der Waals surface area contributed by atoms with Crippen molar-refractivity contribution >= 4 is 22.6 Å². The summed E-state index contributed by atoms with van der Waals surface area (Å²) >= 11 is 0. The number of amides is 1. The maximum atomic E-state index is 13.3. The molecule has 1 aromatic carbocycles. The van der Waals surface area contributed by atoms with Crippen LogP contribution < -0.4 is 10.9 Å².